The summed E-state index contributed by atoms with van der Waals surface area (Å²) in [7, 11) is 0. The number of aryl methyl sites for hydroxylation is 1. The number of hydrogen-bond acceptors (Lipinski definition) is 4. The van der Waals surface area contributed by atoms with E-state index in [4.69, 9.17) is 11.6 Å². The van der Waals surface area contributed by atoms with Gasteiger partial charge in [-0.3, -0.25) is 9.48 Å². The van der Waals surface area contributed by atoms with Crippen LogP contribution in [0.25, 0.3) is 0 Å². The summed E-state index contributed by atoms with van der Waals surface area (Å²) in [6.07, 6.45) is 5.23. The fraction of sp³-hybridized carbons (Fsp3) is 0.692. The lowest BCUT2D eigenvalue weighted by molar-refractivity contribution is -0.131. The number of aliphatic hydroxyl groups excluding tert-OH is 1. The number of rotatable bonds is 4. The van der Waals surface area contributed by atoms with E-state index in [1.54, 1.807) is 22.0 Å². The SMILES string of the molecule is O=C(CCn1cc(Cl)cn1)N1CCC[C@@](O)(CO)CC1. The summed E-state index contributed by atoms with van der Waals surface area (Å²) < 4.78 is 1.64. The highest BCUT2D eigenvalue weighted by Gasteiger charge is 2.30. The number of likely N-dealkylation sites (tertiary alicyclic amines) is 1. The monoisotopic (exact) mass is 301 g/mol. The van der Waals surface area contributed by atoms with Crippen molar-refractivity contribution in [2.45, 2.75) is 37.8 Å². The van der Waals surface area contributed by atoms with Crippen molar-refractivity contribution in [3.63, 3.8) is 0 Å². The Bertz CT molecular complexity index is 465. The first-order valence-corrected chi connectivity index (χ1v) is 7.19. The van der Waals surface area contributed by atoms with Crippen LogP contribution in [-0.2, 0) is 11.3 Å². The number of nitrogens with zero attached hydrogens (tertiary/aromatic N) is 3. The molecule has 1 amide bonds. The van der Waals surface area contributed by atoms with Gasteiger partial charge in [-0.15, -0.1) is 0 Å². The number of aromatic nitrogens is 2. The molecule has 0 saturated carbocycles. The van der Waals surface area contributed by atoms with Crippen molar-refractivity contribution in [2.24, 2.45) is 0 Å². The van der Waals surface area contributed by atoms with Crippen molar-refractivity contribution in [3.05, 3.63) is 17.4 Å². The molecule has 1 saturated heterocycles. The number of carbonyl (C=O) groups excluding carboxylic acids is 1. The maximum atomic E-state index is 12.1. The van der Waals surface area contributed by atoms with Crippen molar-refractivity contribution in [1.29, 1.82) is 0 Å². The molecule has 1 aromatic rings. The molecule has 0 unspecified atom stereocenters. The number of carbonyl (C=O) groups is 1. The molecule has 7 heteroatoms. The minimum Gasteiger partial charge on any atom is -0.393 e. The van der Waals surface area contributed by atoms with E-state index < -0.39 is 5.60 Å². The minimum atomic E-state index is -1.04. The molecule has 2 N–H and O–H groups in total. The van der Waals surface area contributed by atoms with E-state index in [0.717, 1.165) is 0 Å². The predicted octanol–water partition coefficient (Wildman–Crippen LogP) is 0.663. The normalized spacial score (nSPS) is 23.6. The Kier molecular flexibility index (Phi) is 5.01. The lowest BCUT2D eigenvalue weighted by Gasteiger charge is -2.24. The first-order valence-electron chi connectivity index (χ1n) is 6.81. The highest BCUT2D eigenvalue weighted by Crippen LogP contribution is 2.22. The maximum absolute atomic E-state index is 12.1. The fourth-order valence-corrected chi connectivity index (χ4v) is 2.57. The van der Waals surface area contributed by atoms with Gasteiger partial charge in [-0.25, -0.2) is 0 Å². The van der Waals surface area contributed by atoms with Crippen LogP contribution in [0.3, 0.4) is 0 Å². The summed E-state index contributed by atoms with van der Waals surface area (Å²) in [5.74, 6) is 0.0406. The lowest BCUT2D eigenvalue weighted by Crippen LogP contribution is -2.36. The smallest absolute Gasteiger partial charge is 0.224 e. The van der Waals surface area contributed by atoms with Gasteiger partial charge in [0, 0.05) is 32.3 Å². The Morgan fingerprint density at radius 1 is 1.45 bits per heavy atom. The number of aliphatic hydroxyl groups is 2. The zero-order valence-electron chi connectivity index (χ0n) is 11.3. The second-order valence-electron chi connectivity index (χ2n) is 5.29. The summed E-state index contributed by atoms with van der Waals surface area (Å²) in [6.45, 7) is 1.35. The fourth-order valence-electron chi connectivity index (χ4n) is 2.42. The van der Waals surface area contributed by atoms with Gasteiger partial charge in [0.1, 0.15) is 0 Å². The van der Waals surface area contributed by atoms with Gasteiger partial charge in [0.2, 0.25) is 5.91 Å². The van der Waals surface area contributed by atoms with E-state index in [0.29, 0.717) is 50.3 Å². The summed E-state index contributed by atoms with van der Waals surface area (Å²) in [5, 5.41) is 23.8. The van der Waals surface area contributed by atoms with Crippen molar-refractivity contribution < 1.29 is 15.0 Å². The predicted molar refractivity (Wildman–Crippen MR) is 74.3 cm³/mol. The van der Waals surface area contributed by atoms with E-state index in [9.17, 15) is 15.0 Å². The average molecular weight is 302 g/mol. The molecule has 0 aliphatic carbocycles. The van der Waals surface area contributed by atoms with Gasteiger partial charge in [-0.05, 0) is 19.3 Å². The largest absolute Gasteiger partial charge is 0.393 e. The second-order valence-corrected chi connectivity index (χ2v) is 5.72. The first-order chi connectivity index (χ1) is 9.52. The highest BCUT2D eigenvalue weighted by molar-refractivity contribution is 6.30. The molecule has 1 fully saturated rings. The highest BCUT2D eigenvalue weighted by atomic mass is 35.5. The van der Waals surface area contributed by atoms with Crippen molar-refractivity contribution in [1.82, 2.24) is 14.7 Å². The van der Waals surface area contributed by atoms with Crippen molar-refractivity contribution in [2.75, 3.05) is 19.7 Å². The first kappa shape index (κ1) is 15.3. The summed E-state index contributed by atoms with van der Waals surface area (Å²) in [4.78, 5) is 13.9. The Morgan fingerprint density at radius 3 is 2.90 bits per heavy atom. The molecule has 1 aromatic heterocycles. The molecule has 1 atom stereocenters. The van der Waals surface area contributed by atoms with Gasteiger partial charge in [-0.2, -0.15) is 5.10 Å². The lowest BCUT2D eigenvalue weighted by atomic mass is 9.96. The zero-order valence-corrected chi connectivity index (χ0v) is 12.1. The van der Waals surface area contributed by atoms with E-state index >= 15 is 0 Å². The van der Waals surface area contributed by atoms with E-state index in [2.05, 4.69) is 5.10 Å². The molecule has 2 heterocycles. The zero-order chi connectivity index (χ0) is 14.6. The summed E-state index contributed by atoms with van der Waals surface area (Å²) in [6, 6.07) is 0. The van der Waals surface area contributed by atoms with Crippen LogP contribution in [-0.4, -0.2) is 56.1 Å². The Morgan fingerprint density at radius 2 is 2.25 bits per heavy atom. The quantitative estimate of drug-likeness (QED) is 0.856. The van der Waals surface area contributed by atoms with E-state index in [-0.39, 0.29) is 12.5 Å². The van der Waals surface area contributed by atoms with Gasteiger partial charge < -0.3 is 15.1 Å². The molecule has 1 aliphatic heterocycles. The Balaban J connectivity index is 1.83. The number of hydrogen-bond donors (Lipinski definition) is 2. The van der Waals surface area contributed by atoms with E-state index in [1.807, 2.05) is 0 Å². The molecule has 1 aliphatic rings. The number of halogens is 1. The minimum absolute atomic E-state index is 0.0406. The molecule has 0 radical (unpaired) electrons. The molecule has 112 valence electrons. The molecule has 6 nitrogen and oxygen atoms in total. The molecule has 0 aromatic carbocycles. The number of amides is 1. The molecular formula is C13H20ClN3O3. The molecule has 0 spiro atoms. The van der Waals surface area contributed by atoms with Crippen LogP contribution in [0.4, 0.5) is 0 Å². The van der Waals surface area contributed by atoms with Crippen molar-refractivity contribution >= 4 is 17.5 Å². The maximum Gasteiger partial charge on any atom is 0.224 e. The molecular weight excluding hydrogens is 282 g/mol. The second kappa shape index (κ2) is 6.56. The standard InChI is InChI=1S/C13H20ClN3O3/c14-11-8-15-17(9-11)6-2-12(19)16-5-1-3-13(20,10-18)4-7-16/h8-9,18,20H,1-7,10H2/t13-/m0/s1. The van der Waals surface area contributed by atoms with Gasteiger partial charge in [-0.1, -0.05) is 11.6 Å². The average Bonchev–Trinajstić information content (AvgIpc) is 2.74. The third kappa shape index (κ3) is 3.94. The van der Waals surface area contributed by atoms with Crippen LogP contribution >= 0.6 is 11.6 Å². The van der Waals surface area contributed by atoms with Crippen LogP contribution in [0, 0.1) is 0 Å². The van der Waals surface area contributed by atoms with E-state index in [1.165, 1.54) is 0 Å². The summed E-state index contributed by atoms with van der Waals surface area (Å²) >= 11 is 5.76. The molecule has 0 bridgehead atoms. The third-order valence-corrected chi connectivity index (χ3v) is 3.92. The van der Waals surface area contributed by atoms with Crippen LogP contribution in [0.1, 0.15) is 25.7 Å². The van der Waals surface area contributed by atoms with Crippen molar-refractivity contribution in [3.8, 4) is 0 Å². The van der Waals surface area contributed by atoms with Gasteiger partial charge >= 0.3 is 0 Å². The molecule has 20 heavy (non-hydrogen) atoms. The molecule has 2 rings (SSSR count). The van der Waals surface area contributed by atoms with Gasteiger partial charge in [0.05, 0.1) is 23.4 Å². The van der Waals surface area contributed by atoms with Crippen LogP contribution in [0.15, 0.2) is 12.4 Å². The van der Waals surface area contributed by atoms with Crippen LogP contribution < -0.4 is 0 Å². The third-order valence-electron chi connectivity index (χ3n) is 3.72. The van der Waals surface area contributed by atoms with Gasteiger partial charge in [0.25, 0.3) is 0 Å². The Hall–Kier alpha value is -1.11. The summed E-state index contributed by atoms with van der Waals surface area (Å²) in [5.41, 5.74) is -1.04. The Labute approximate surface area is 122 Å². The van der Waals surface area contributed by atoms with Crippen LogP contribution in [0.5, 0.6) is 0 Å². The van der Waals surface area contributed by atoms with Gasteiger partial charge in [0.15, 0.2) is 0 Å². The van der Waals surface area contributed by atoms with Crippen LogP contribution in [0.2, 0.25) is 5.02 Å². The topological polar surface area (TPSA) is 78.6 Å².